The van der Waals surface area contributed by atoms with Crippen LogP contribution < -0.4 is 5.73 Å². The van der Waals surface area contributed by atoms with Crippen molar-refractivity contribution < 1.29 is 9.53 Å². The maximum absolute atomic E-state index is 11.8. The summed E-state index contributed by atoms with van der Waals surface area (Å²) in [6.07, 6.45) is 3.70. The van der Waals surface area contributed by atoms with E-state index in [1.165, 1.54) is 19.3 Å². The Labute approximate surface area is 104 Å². The number of ether oxygens (including phenoxy) is 1. The molecule has 0 spiro atoms. The summed E-state index contributed by atoms with van der Waals surface area (Å²) in [5, 5.41) is 0. The molecule has 1 rings (SSSR count). The second-order valence-electron chi connectivity index (χ2n) is 5.11. The summed E-state index contributed by atoms with van der Waals surface area (Å²) in [6, 6.07) is -0.414. The Balaban J connectivity index is 2.66. The van der Waals surface area contributed by atoms with Crippen LogP contribution in [0.1, 0.15) is 40.0 Å². The molecular weight excluding hydrogens is 216 g/mol. The van der Waals surface area contributed by atoms with Crippen molar-refractivity contribution in [2.45, 2.75) is 52.1 Å². The maximum atomic E-state index is 11.8. The van der Waals surface area contributed by atoms with E-state index in [9.17, 15) is 4.79 Å². The SMILES string of the molecule is CCOC(=O)[C@@H](N)[C@@H](C(C)C)N1CCCCC1. The lowest BCUT2D eigenvalue weighted by molar-refractivity contribution is -0.147. The third-order valence-electron chi connectivity index (χ3n) is 3.42. The van der Waals surface area contributed by atoms with Gasteiger partial charge in [0.2, 0.25) is 0 Å². The molecule has 0 aliphatic carbocycles. The quantitative estimate of drug-likeness (QED) is 0.740. The summed E-state index contributed by atoms with van der Waals surface area (Å²) in [7, 11) is 0. The van der Waals surface area contributed by atoms with E-state index in [2.05, 4.69) is 18.7 Å². The number of rotatable bonds is 5. The lowest BCUT2D eigenvalue weighted by Gasteiger charge is -2.39. The highest BCUT2D eigenvalue weighted by atomic mass is 16.5. The number of likely N-dealkylation sites (tertiary alicyclic amines) is 1. The molecule has 1 fully saturated rings. The first-order valence-electron chi connectivity index (χ1n) is 6.74. The van der Waals surface area contributed by atoms with Gasteiger partial charge in [0.1, 0.15) is 6.04 Å². The van der Waals surface area contributed by atoms with Crippen LogP contribution in [-0.4, -0.2) is 42.6 Å². The van der Waals surface area contributed by atoms with E-state index < -0.39 is 6.04 Å². The van der Waals surface area contributed by atoms with Crippen LogP contribution in [0.3, 0.4) is 0 Å². The zero-order valence-electron chi connectivity index (χ0n) is 11.3. The largest absolute Gasteiger partial charge is 0.465 e. The molecule has 4 nitrogen and oxygen atoms in total. The van der Waals surface area contributed by atoms with Crippen LogP contribution >= 0.6 is 0 Å². The van der Waals surface area contributed by atoms with Crippen LogP contribution in [-0.2, 0) is 9.53 Å². The van der Waals surface area contributed by atoms with Crippen molar-refractivity contribution in [2.75, 3.05) is 19.7 Å². The Hall–Kier alpha value is -0.610. The molecule has 0 radical (unpaired) electrons. The van der Waals surface area contributed by atoms with Gasteiger partial charge in [-0.15, -0.1) is 0 Å². The highest BCUT2D eigenvalue weighted by Gasteiger charge is 2.33. The Morgan fingerprint density at radius 2 is 1.88 bits per heavy atom. The molecule has 1 saturated heterocycles. The highest BCUT2D eigenvalue weighted by Crippen LogP contribution is 2.20. The number of hydrogen-bond acceptors (Lipinski definition) is 4. The van der Waals surface area contributed by atoms with Crippen molar-refractivity contribution in [3.63, 3.8) is 0 Å². The highest BCUT2D eigenvalue weighted by molar-refractivity contribution is 5.76. The molecule has 0 unspecified atom stereocenters. The second-order valence-corrected chi connectivity index (χ2v) is 5.11. The average molecular weight is 242 g/mol. The van der Waals surface area contributed by atoms with Crippen molar-refractivity contribution in [3.8, 4) is 0 Å². The van der Waals surface area contributed by atoms with Crippen LogP contribution in [0.15, 0.2) is 0 Å². The van der Waals surface area contributed by atoms with Crippen molar-refractivity contribution >= 4 is 5.97 Å². The third-order valence-corrected chi connectivity index (χ3v) is 3.42. The van der Waals surface area contributed by atoms with E-state index in [0.717, 1.165) is 13.1 Å². The molecule has 17 heavy (non-hydrogen) atoms. The lowest BCUT2D eigenvalue weighted by atomic mass is 9.93. The fourth-order valence-electron chi connectivity index (χ4n) is 2.66. The predicted octanol–water partition coefficient (Wildman–Crippen LogP) is 1.39. The van der Waals surface area contributed by atoms with Gasteiger partial charge in [0.15, 0.2) is 0 Å². The number of carbonyl (C=O) groups is 1. The summed E-state index contributed by atoms with van der Waals surface area (Å²) in [5.74, 6) is 0.101. The van der Waals surface area contributed by atoms with E-state index in [1.807, 2.05) is 6.92 Å². The first kappa shape index (κ1) is 14.5. The normalized spacial score (nSPS) is 21.2. The molecule has 4 heteroatoms. The average Bonchev–Trinajstić information content (AvgIpc) is 2.30. The minimum Gasteiger partial charge on any atom is -0.465 e. The lowest BCUT2D eigenvalue weighted by Crippen LogP contribution is -2.56. The summed E-state index contributed by atoms with van der Waals surface area (Å²) in [4.78, 5) is 14.1. The van der Waals surface area contributed by atoms with Crippen molar-refractivity contribution in [3.05, 3.63) is 0 Å². The van der Waals surface area contributed by atoms with Gasteiger partial charge in [-0.1, -0.05) is 20.3 Å². The first-order valence-corrected chi connectivity index (χ1v) is 6.74. The standard InChI is InChI=1S/C13H26N2O2/c1-4-17-13(16)11(14)12(10(2)3)15-8-6-5-7-9-15/h10-12H,4-9,14H2,1-3H3/t11-,12+/m0/s1. The van der Waals surface area contributed by atoms with Crippen molar-refractivity contribution in [2.24, 2.45) is 11.7 Å². The minimum atomic E-state index is -0.520. The number of carbonyl (C=O) groups excluding carboxylic acids is 1. The molecular formula is C13H26N2O2. The Kier molecular flexibility index (Phi) is 5.92. The van der Waals surface area contributed by atoms with E-state index in [0.29, 0.717) is 12.5 Å². The monoisotopic (exact) mass is 242 g/mol. The Morgan fingerprint density at radius 3 is 2.35 bits per heavy atom. The van der Waals surface area contributed by atoms with Gasteiger partial charge in [0, 0.05) is 6.04 Å². The molecule has 1 heterocycles. The molecule has 1 aliphatic rings. The van der Waals surface area contributed by atoms with Crippen LogP contribution in [0.2, 0.25) is 0 Å². The van der Waals surface area contributed by atoms with E-state index >= 15 is 0 Å². The van der Waals surface area contributed by atoms with Gasteiger partial charge >= 0.3 is 5.97 Å². The molecule has 0 bridgehead atoms. The number of nitrogens with two attached hydrogens (primary N) is 1. The summed E-state index contributed by atoms with van der Waals surface area (Å²) < 4.78 is 5.04. The van der Waals surface area contributed by atoms with Gasteiger partial charge < -0.3 is 10.5 Å². The van der Waals surface area contributed by atoms with Gasteiger partial charge in [-0.3, -0.25) is 9.69 Å². The van der Waals surface area contributed by atoms with E-state index in [4.69, 9.17) is 10.5 Å². The topological polar surface area (TPSA) is 55.6 Å². The third kappa shape index (κ3) is 3.96. The van der Waals surface area contributed by atoms with E-state index in [-0.39, 0.29) is 12.0 Å². The van der Waals surface area contributed by atoms with Gasteiger partial charge in [-0.2, -0.15) is 0 Å². The van der Waals surface area contributed by atoms with Gasteiger partial charge in [0.25, 0.3) is 0 Å². The maximum Gasteiger partial charge on any atom is 0.324 e. The second kappa shape index (κ2) is 6.97. The number of esters is 1. The minimum absolute atomic E-state index is 0.106. The summed E-state index contributed by atoms with van der Waals surface area (Å²) >= 11 is 0. The fraction of sp³-hybridized carbons (Fsp3) is 0.923. The molecule has 100 valence electrons. The molecule has 0 aromatic heterocycles. The molecule has 0 saturated carbocycles. The molecule has 0 aromatic rings. The molecule has 0 amide bonds. The Morgan fingerprint density at radius 1 is 1.29 bits per heavy atom. The van der Waals surface area contributed by atoms with Gasteiger partial charge in [0.05, 0.1) is 6.61 Å². The van der Waals surface area contributed by atoms with Crippen LogP contribution in [0.25, 0.3) is 0 Å². The fourth-order valence-corrected chi connectivity index (χ4v) is 2.66. The van der Waals surface area contributed by atoms with Crippen LogP contribution in [0.5, 0.6) is 0 Å². The Bertz CT molecular complexity index is 238. The predicted molar refractivity (Wildman–Crippen MR) is 68.7 cm³/mol. The molecule has 2 atom stereocenters. The first-order chi connectivity index (χ1) is 8.07. The van der Waals surface area contributed by atoms with Crippen LogP contribution in [0.4, 0.5) is 0 Å². The zero-order chi connectivity index (χ0) is 12.8. The van der Waals surface area contributed by atoms with Gasteiger partial charge in [-0.25, -0.2) is 0 Å². The molecule has 2 N–H and O–H groups in total. The number of hydrogen-bond donors (Lipinski definition) is 1. The van der Waals surface area contributed by atoms with E-state index in [1.54, 1.807) is 0 Å². The van der Waals surface area contributed by atoms with Crippen molar-refractivity contribution in [1.82, 2.24) is 4.90 Å². The number of nitrogens with zero attached hydrogens (tertiary/aromatic N) is 1. The summed E-state index contributed by atoms with van der Waals surface area (Å²) in [5.41, 5.74) is 6.06. The molecule has 1 aliphatic heterocycles. The van der Waals surface area contributed by atoms with Crippen LogP contribution in [0, 0.1) is 5.92 Å². The number of piperidine rings is 1. The molecule has 0 aromatic carbocycles. The smallest absolute Gasteiger partial charge is 0.324 e. The summed E-state index contributed by atoms with van der Waals surface area (Å²) in [6.45, 7) is 8.57. The zero-order valence-corrected chi connectivity index (χ0v) is 11.3. The van der Waals surface area contributed by atoms with Gasteiger partial charge in [-0.05, 0) is 38.8 Å². The van der Waals surface area contributed by atoms with Crippen molar-refractivity contribution in [1.29, 1.82) is 0 Å².